The van der Waals surface area contributed by atoms with Crippen molar-refractivity contribution in [3.63, 3.8) is 0 Å². The van der Waals surface area contributed by atoms with E-state index in [2.05, 4.69) is 4.90 Å². The van der Waals surface area contributed by atoms with Crippen LogP contribution in [0.25, 0.3) is 16.8 Å². The van der Waals surface area contributed by atoms with Crippen molar-refractivity contribution in [2.24, 2.45) is 0 Å². The fourth-order valence-corrected chi connectivity index (χ4v) is 6.10. The summed E-state index contributed by atoms with van der Waals surface area (Å²) < 4.78 is 6.12. The number of nitro groups is 1. The van der Waals surface area contributed by atoms with E-state index in [1.54, 1.807) is 29.2 Å². The minimum absolute atomic E-state index is 0.0104. The summed E-state index contributed by atoms with van der Waals surface area (Å²) in [5.41, 5.74) is 2.45. The number of amides is 3. The number of nitro benzene ring substituents is 1. The molecule has 3 amide bonds. The standard InChI is InChI=1S/C33H28N4O6S/c38-31(35-18-16-34(17-19-35)25-7-2-1-3-8-25)21-36-32(39)30(44-33(36)40)20-28-27-9-5-4-6-24(27)12-15-29(28)43-22-23-10-13-26(14-11-23)37(41)42/h1-15,20H,16-19,21-22H2/b30-20+. The van der Waals surface area contributed by atoms with E-state index in [1.165, 1.54) is 12.1 Å². The van der Waals surface area contributed by atoms with Crippen molar-refractivity contribution >= 4 is 57.0 Å². The van der Waals surface area contributed by atoms with Crippen molar-refractivity contribution in [3.8, 4) is 5.75 Å². The van der Waals surface area contributed by atoms with Gasteiger partial charge in [-0.1, -0.05) is 48.5 Å². The third-order valence-corrected chi connectivity index (χ3v) is 8.58. The zero-order chi connectivity index (χ0) is 30.6. The highest BCUT2D eigenvalue weighted by atomic mass is 32.2. The Morgan fingerprint density at radius 1 is 0.886 bits per heavy atom. The maximum atomic E-state index is 13.4. The number of fused-ring (bicyclic) bond motifs is 1. The number of ether oxygens (including phenoxy) is 1. The lowest BCUT2D eigenvalue weighted by Crippen LogP contribution is -2.51. The third kappa shape index (κ3) is 6.13. The van der Waals surface area contributed by atoms with Gasteiger partial charge < -0.3 is 14.5 Å². The first-order valence-corrected chi connectivity index (χ1v) is 14.9. The molecule has 2 fully saturated rings. The SMILES string of the molecule is O=C(CN1C(=O)S/C(=C/c2c(OCc3ccc([N+](=O)[O-])cc3)ccc3ccccc23)C1=O)N1CCN(c2ccccc2)CC1. The molecule has 222 valence electrons. The Hall–Kier alpha value is -5.16. The number of anilines is 1. The summed E-state index contributed by atoms with van der Waals surface area (Å²) in [5.74, 6) is -0.301. The van der Waals surface area contributed by atoms with Crippen LogP contribution in [0.5, 0.6) is 5.75 Å². The Bertz CT molecular complexity index is 1770. The minimum atomic E-state index is -0.523. The average molecular weight is 609 g/mol. The van der Waals surface area contributed by atoms with Crippen LogP contribution in [0.3, 0.4) is 0 Å². The second kappa shape index (κ2) is 12.6. The highest BCUT2D eigenvalue weighted by molar-refractivity contribution is 8.18. The number of hydrogen-bond acceptors (Lipinski definition) is 8. The quantitative estimate of drug-likeness (QED) is 0.142. The van der Waals surface area contributed by atoms with E-state index in [-0.39, 0.29) is 29.7 Å². The largest absolute Gasteiger partial charge is 0.488 e. The van der Waals surface area contributed by atoms with E-state index < -0.39 is 16.1 Å². The van der Waals surface area contributed by atoms with Crippen molar-refractivity contribution in [1.29, 1.82) is 0 Å². The molecule has 0 N–H and O–H groups in total. The summed E-state index contributed by atoms with van der Waals surface area (Å²) in [6.07, 6.45) is 1.64. The van der Waals surface area contributed by atoms with Gasteiger partial charge in [-0.05, 0) is 64.5 Å². The zero-order valence-corrected chi connectivity index (χ0v) is 24.4. The van der Waals surface area contributed by atoms with Gasteiger partial charge in [0, 0.05) is 49.6 Å². The molecule has 0 aromatic heterocycles. The van der Waals surface area contributed by atoms with Gasteiger partial charge in [0.05, 0.1) is 9.83 Å². The molecular weight excluding hydrogens is 580 g/mol. The van der Waals surface area contributed by atoms with Gasteiger partial charge in [0.1, 0.15) is 18.9 Å². The van der Waals surface area contributed by atoms with E-state index in [4.69, 9.17) is 4.74 Å². The highest BCUT2D eigenvalue weighted by Gasteiger charge is 2.38. The summed E-state index contributed by atoms with van der Waals surface area (Å²) in [6, 6.07) is 27.4. The molecule has 0 unspecified atom stereocenters. The van der Waals surface area contributed by atoms with Crippen molar-refractivity contribution < 1.29 is 24.0 Å². The van der Waals surface area contributed by atoms with Crippen LogP contribution < -0.4 is 9.64 Å². The predicted octanol–water partition coefficient (Wildman–Crippen LogP) is 5.71. The van der Waals surface area contributed by atoms with Crippen LogP contribution in [0, 0.1) is 10.1 Å². The van der Waals surface area contributed by atoms with E-state index >= 15 is 0 Å². The number of nitrogens with zero attached hydrogens (tertiary/aromatic N) is 4. The zero-order valence-electron chi connectivity index (χ0n) is 23.6. The van der Waals surface area contributed by atoms with Gasteiger partial charge in [0.15, 0.2) is 0 Å². The first-order chi connectivity index (χ1) is 21.4. The molecule has 4 aromatic rings. The van der Waals surface area contributed by atoms with Crippen LogP contribution in [0.2, 0.25) is 0 Å². The Balaban J connectivity index is 1.17. The predicted molar refractivity (Wildman–Crippen MR) is 169 cm³/mol. The lowest BCUT2D eigenvalue weighted by molar-refractivity contribution is -0.384. The molecule has 11 heteroatoms. The fraction of sp³-hybridized carbons (Fsp3) is 0.182. The van der Waals surface area contributed by atoms with Crippen LogP contribution in [0.15, 0.2) is 95.9 Å². The molecule has 2 saturated heterocycles. The number of rotatable bonds is 8. The summed E-state index contributed by atoms with van der Waals surface area (Å²) >= 11 is 0.799. The van der Waals surface area contributed by atoms with E-state index in [1.807, 2.05) is 60.7 Å². The second-order valence-electron chi connectivity index (χ2n) is 10.4. The number of non-ortho nitro benzene ring substituents is 1. The molecule has 0 aliphatic carbocycles. The number of thioether (sulfide) groups is 1. The van der Waals surface area contributed by atoms with Gasteiger partial charge in [0.25, 0.3) is 16.8 Å². The molecule has 2 aliphatic rings. The Morgan fingerprint density at radius 3 is 2.32 bits per heavy atom. The van der Waals surface area contributed by atoms with E-state index in [9.17, 15) is 24.5 Å². The number of hydrogen-bond donors (Lipinski definition) is 0. The lowest BCUT2D eigenvalue weighted by atomic mass is 10.0. The van der Waals surface area contributed by atoms with Gasteiger partial charge in [-0.3, -0.25) is 29.4 Å². The van der Waals surface area contributed by atoms with Gasteiger partial charge in [-0.15, -0.1) is 0 Å². The molecule has 0 atom stereocenters. The lowest BCUT2D eigenvalue weighted by Gasteiger charge is -2.36. The topological polar surface area (TPSA) is 113 Å². The van der Waals surface area contributed by atoms with Crippen molar-refractivity contribution in [2.75, 3.05) is 37.6 Å². The van der Waals surface area contributed by atoms with Gasteiger partial charge in [-0.25, -0.2) is 0 Å². The maximum absolute atomic E-state index is 13.4. The highest BCUT2D eigenvalue weighted by Crippen LogP contribution is 2.37. The smallest absolute Gasteiger partial charge is 0.294 e. The van der Waals surface area contributed by atoms with Crippen LogP contribution in [-0.4, -0.2) is 64.5 Å². The molecular formula is C33H28N4O6S. The Morgan fingerprint density at radius 2 is 1.59 bits per heavy atom. The molecule has 10 nitrogen and oxygen atoms in total. The van der Waals surface area contributed by atoms with Crippen molar-refractivity contribution in [2.45, 2.75) is 6.61 Å². The average Bonchev–Trinajstić information content (AvgIpc) is 3.32. The number of benzene rings is 4. The fourth-order valence-electron chi connectivity index (χ4n) is 5.28. The first kappa shape index (κ1) is 28.9. The molecule has 0 radical (unpaired) electrons. The molecule has 0 spiro atoms. The summed E-state index contributed by atoms with van der Waals surface area (Å²) in [7, 11) is 0. The number of para-hydroxylation sites is 1. The number of carbonyl (C=O) groups is 3. The minimum Gasteiger partial charge on any atom is -0.488 e. The Kier molecular flexibility index (Phi) is 8.29. The van der Waals surface area contributed by atoms with Crippen LogP contribution in [0.1, 0.15) is 11.1 Å². The number of piperazine rings is 1. The Labute approximate surface area is 257 Å². The van der Waals surface area contributed by atoms with Crippen LogP contribution >= 0.6 is 11.8 Å². The second-order valence-corrected chi connectivity index (χ2v) is 11.4. The maximum Gasteiger partial charge on any atom is 0.294 e. The number of imide groups is 1. The number of carbonyl (C=O) groups excluding carboxylic acids is 3. The summed E-state index contributed by atoms with van der Waals surface area (Å²) in [5, 5.41) is 12.2. The molecule has 0 saturated carbocycles. The molecule has 2 aliphatic heterocycles. The van der Waals surface area contributed by atoms with Gasteiger partial charge in [0.2, 0.25) is 5.91 Å². The van der Waals surface area contributed by atoms with Gasteiger partial charge in [-0.2, -0.15) is 0 Å². The van der Waals surface area contributed by atoms with E-state index in [0.717, 1.165) is 38.7 Å². The van der Waals surface area contributed by atoms with Crippen molar-refractivity contribution in [1.82, 2.24) is 9.80 Å². The van der Waals surface area contributed by atoms with E-state index in [0.29, 0.717) is 37.5 Å². The van der Waals surface area contributed by atoms with Crippen LogP contribution in [-0.2, 0) is 16.2 Å². The summed E-state index contributed by atoms with van der Waals surface area (Å²) in [6.45, 7) is 2.18. The molecule has 2 heterocycles. The normalized spacial score (nSPS) is 16.2. The third-order valence-electron chi connectivity index (χ3n) is 7.67. The first-order valence-electron chi connectivity index (χ1n) is 14.1. The molecule has 44 heavy (non-hydrogen) atoms. The summed E-state index contributed by atoms with van der Waals surface area (Å²) in [4.78, 5) is 55.1. The van der Waals surface area contributed by atoms with Crippen LogP contribution in [0.4, 0.5) is 16.2 Å². The van der Waals surface area contributed by atoms with Crippen molar-refractivity contribution in [3.05, 3.63) is 117 Å². The molecule has 6 rings (SSSR count). The molecule has 4 aromatic carbocycles. The molecule has 0 bridgehead atoms. The van der Waals surface area contributed by atoms with Gasteiger partial charge >= 0.3 is 0 Å². The monoisotopic (exact) mass is 608 g/mol.